The van der Waals surface area contributed by atoms with Crippen molar-refractivity contribution in [3.05, 3.63) is 23.8 Å². The highest BCUT2D eigenvalue weighted by atomic mass is 32.2. The highest BCUT2D eigenvalue weighted by molar-refractivity contribution is 8.01. The van der Waals surface area contributed by atoms with Gasteiger partial charge in [-0.05, 0) is 38.0 Å². The second-order valence-electron chi connectivity index (χ2n) is 6.76. The Labute approximate surface area is 158 Å². The average molecular weight is 398 g/mol. The zero-order valence-electron chi connectivity index (χ0n) is 15.1. The maximum atomic E-state index is 12.8. The average Bonchev–Trinajstić information content (AvgIpc) is 2.60. The van der Waals surface area contributed by atoms with Crippen LogP contribution >= 0.6 is 11.8 Å². The van der Waals surface area contributed by atoms with Crippen LogP contribution in [0.25, 0.3) is 0 Å². The predicted molar refractivity (Wildman–Crippen MR) is 102 cm³/mol. The Bertz CT molecular complexity index is 832. The smallest absolute Gasteiger partial charge is 0.253 e. The Morgan fingerprint density at radius 3 is 2.58 bits per heavy atom. The van der Waals surface area contributed by atoms with Crippen molar-refractivity contribution in [2.75, 3.05) is 31.7 Å². The van der Waals surface area contributed by atoms with Crippen LogP contribution in [0.3, 0.4) is 0 Å². The van der Waals surface area contributed by atoms with E-state index in [2.05, 4.69) is 5.32 Å². The third-order valence-corrected chi connectivity index (χ3v) is 7.47. The van der Waals surface area contributed by atoms with Crippen molar-refractivity contribution < 1.29 is 18.0 Å². The van der Waals surface area contributed by atoms with Gasteiger partial charge in [0.1, 0.15) is 0 Å². The van der Waals surface area contributed by atoms with E-state index >= 15 is 0 Å². The van der Waals surface area contributed by atoms with Crippen molar-refractivity contribution >= 4 is 39.3 Å². The highest BCUT2D eigenvalue weighted by Gasteiger charge is 2.30. The molecular formula is C17H23N3O4S2. The first kappa shape index (κ1) is 19.2. The molecular weight excluding hydrogens is 374 g/mol. The summed E-state index contributed by atoms with van der Waals surface area (Å²) in [6.07, 6.45) is 2.43. The summed E-state index contributed by atoms with van der Waals surface area (Å²) < 4.78 is 24.7. The Balaban J connectivity index is 1.68. The van der Waals surface area contributed by atoms with Crippen molar-refractivity contribution in [1.82, 2.24) is 9.21 Å². The SMILES string of the molecule is CC1Sc2ccc(C(=O)N3CCC(N(C)S(C)(=O)=O)CC3)cc2NC1=O. The van der Waals surface area contributed by atoms with Crippen molar-refractivity contribution in [3.8, 4) is 0 Å². The lowest BCUT2D eigenvalue weighted by atomic mass is 10.0. The number of likely N-dealkylation sites (tertiary alicyclic amines) is 1. The van der Waals surface area contributed by atoms with Gasteiger partial charge in [0.25, 0.3) is 5.91 Å². The summed E-state index contributed by atoms with van der Waals surface area (Å²) in [5, 5.41) is 2.70. The number of carbonyl (C=O) groups is 2. The van der Waals surface area contributed by atoms with Gasteiger partial charge in [0.2, 0.25) is 15.9 Å². The van der Waals surface area contributed by atoms with Gasteiger partial charge < -0.3 is 10.2 Å². The van der Waals surface area contributed by atoms with Crippen LogP contribution in [-0.4, -0.2) is 67.1 Å². The number of hydrogen-bond acceptors (Lipinski definition) is 5. The molecule has 1 N–H and O–H groups in total. The largest absolute Gasteiger partial charge is 0.339 e. The van der Waals surface area contributed by atoms with E-state index in [4.69, 9.17) is 0 Å². The lowest BCUT2D eigenvalue weighted by Gasteiger charge is -2.35. The first-order valence-electron chi connectivity index (χ1n) is 8.50. The van der Waals surface area contributed by atoms with Gasteiger partial charge in [0.05, 0.1) is 17.2 Å². The van der Waals surface area contributed by atoms with Crippen molar-refractivity contribution in [2.45, 2.75) is 36.0 Å². The molecule has 0 spiro atoms. The number of sulfonamides is 1. The molecule has 0 aromatic heterocycles. The normalized spacial score (nSPS) is 21.5. The lowest BCUT2D eigenvalue weighted by molar-refractivity contribution is -0.115. The minimum atomic E-state index is -3.23. The first-order valence-corrected chi connectivity index (χ1v) is 11.2. The third-order valence-electron chi connectivity index (χ3n) is 4.95. The minimum Gasteiger partial charge on any atom is -0.339 e. The van der Waals surface area contributed by atoms with Crippen molar-refractivity contribution in [2.24, 2.45) is 0 Å². The molecule has 1 atom stereocenters. The molecule has 0 saturated carbocycles. The van der Waals surface area contributed by atoms with Crippen LogP contribution in [0.2, 0.25) is 0 Å². The molecule has 7 nitrogen and oxygen atoms in total. The molecule has 2 aliphatic rings. The van der Waals surface area contributed by atoms with Gasteiger partial charge in [-0.1, -0.05) is 0 Å². The van der Waals surface area contributed by atoms with E-state index in [1.54, 1.807) is 24.1 Å². The molecule has 1 aromatic rings. The molecule has 3 rings (SSSR count). The number of hydrogen-bond donors (Lipinski definition) is 1. The first-order chi connectivity index (χ1) is 12.2. The predicted octanol–water partition coefficient (Wildman–Crippen LogP) is 1.62. The molecule has 9 heteroatoms. The molecule has 0 radical (unpaired) electrons. The molecule has 26 heavy (non-hydrogen) atoms. The Morgan fingerprint density at radius 2 is 1.96 bits per heavy atom. The van der Waals surface area contributed by atoms with Gasteiger partial charge in [0, 0.05) is 36.6 Å². The number of nitrogens with one attached hydrogen (secondary N) is 1. The van der Waals surface area contributed by atoms with E-state index in [0.29, 0.717) is 37.2 Å². The standard InChI is InChI=1S/C17H23N3O4S2/c1-11-16(21)18-14-10-12(4-5-15(14)25-11)17(22)20-8-6-13(7-9-20)19(2)26(3,23)24/h4-5,10-11,13H,6-9H2,1-3H3,(H,18,21). The van der Waals surface area contributed by atoms with Crippen LogP contribution in [0, 0.1) is 0 Å². The zero-order valence-corrected chi connectivity index (χ0v) is 16.7. The number of benzene rings is 1. The van der Waals surface area contributed by atoms with Gasteiger partial charge in [-0.3, -0.25) is 9.59 Å². The number of carbonyl (C=O) groups excluding carboxylic acids is 2. The van der Waals surface area contributed by atoms with Gasteiger partial charge in [-0.15, -0.1) is 11.8 Å². The van der Waals surface area contributed by atoms with Crippen LogP contribution in [0.4, 0.5) is 5.69 Å². The van der Waals surface area contributed by atoms with Crippen molar-refractivity contribution in [1.29, 1.82) is 0 Å². The van der Waals surface area contributed by atoms with Crippen LogP contribution in [0.15, 0.2) is 23.1 Å². The Hall–Kier alpha value is -1.58. The molecule has 142 valence electrons. The second-order valence-corrected chi connectivity index (χ2v) is 10.2. The molecule has 1 unspecified atom stereocenters. The number of rotatable bonds is 3. The van der Waals surface area contributed by atoms with Gasteiger partial charge in [-0.2, -0.15) is 0 Å². The van der Waals surface area contributed by atoms with Crippen LogP contribution in [-0.2, 0) is 14.8 Å². The maximum absolute atomic E-state index is 12.8. The molecule has 2 amide bonds. The van der Waals surface area contributed by atoms with Crippen LogP contribution in [0.1, 0.15) is 30.1 Å². The second kappa shape index (κ2) is 7.21. The van der Waals surface area contributed by atoms with Gasteiger partial charge in [0.15, 0.2) is 0 Å². The van der Waals surface area contributed by atoms with E-state index in [1.807, 2.05) is 13.0 Å². The fourth-order valence-corrected chi connectivity index (χ4v) is 4.91. The fraction of sp³-hybridized carbons (Fsp3) is 0.529. The lowest BCUT2D eigenvalue weighted by Crippen LogP contribution is -2.47. The molecule has 2 heterocycles. The van der Waals surface area contributed by atoms with Crippen LogP contribution in [0.5, 0.6) is 0 Å². The van der Waals surface area contributed by atoms with E-state index in [-0.39, 0.29) is 23.1 Å². The number of thioether (sulfide) groups is 1. The summed E-state index contributed by atoms with van der Waals surface area (Å²) in [5.74, 6) is -0.150. The number of anilines is 1. The molecule has 0 aliphatic carbocycles. The van der Waals surface area contributed by atoms with Gasteiger partial charge in [-0.25, -0.2) is 12.7 Å². The highest BCUT2D eigenvalue weighted by Crippen LogP contribution is 2.36. The fourth-order valence-electron chi connectivity index (χ4n) is 3.23. The Morgan fingerprint density at radius 1 is 1.31 bits per heavy atom. The number of piperidine rings is 1. The van der Waals surface area contributed by atoms with E-state index in [1.165, 1.54) is 22.3 Å². The third kappa shape index (κ3) is 3.89. The molecule has 1 aromatic carbocycles. The quantitative estimate of drug-likeness (QED) is 0.837. The van der Waals surface area contributed by atoms with E-state index in [0.717, 1.165) is 4.90 Å². The van der Waals surface area contributed by atoms with Gasteiger partial charge >= 0.3 is 0 Å². The summed E-state index contributed by atoms with van der Waals surface area (Å²) >= 11 is 1.48. The molecule has 1 saturated heterocycles. The summed E-state index contributed by atoms with van der Waals surface area (Å²) in [6.45, 7) is 2.87. The topological polar surface area (TPSA) is 86.8 Å². The van der Waals surface area contributed by atoms with Crippen molar-refractivity contribution in [3.63, 3.8) is 0 Å². The molecule has 2 aliphatic heterocycles. The zero-order chi connectivity index (χ0) is 19.1. The van der Waals surface area contributed by atoms with Crippen LogP contribution < -0.4 is 5.32 Å². The minimum absolute atomic E-state index is 0.0586. The summed E-state index contributed by atoms with van der Waals surface area (Å²) in [4.78, 5) is 27.3. The summed E-state index contributed by atoms with van der Waals surface area (Å²) in [7, 11) is -1.64. The Kier molecular flexibility index (Phi) is 5.32. The number of amides is 2. The summed E-state index contributed by atoms with van der Waals surface area (Å²) in [5.41, 5.74) is 1.21. The monoisotopic (exact) mass is 397 g/mol. The van der Waals surface area contributed by atoms with E-state index < -0.39 is 10.0 Å². The maximum Gasteiger partial charge on any atom is 0.253 e. The summed E-state index contributed by atoms with van der Waals surface area (Å²) in [6, 6.07) is 5.30. The number of nitrogens with zero attached hydrogens (tertiary/aromatic N) is 2. The van der Waals surface area contributed by atoms with E-state index in [9.17, 15) is 18.0 Å². The molecule has 0 bridgehead atoms. The molecule has 1 fully saturated rings. The number of fused-ring (bicyclic) bond motifs is 1.